The molecular weight excluding hydrogens is 276 g/mol. The molecule has 0 bridgehead atoms. The van der Waals surface area contributed by atoms with E-state index in [4.69, 9.17) is 0 Å². The second-order valence-electron chi connectivity index (χ2n) is 0.0527. The van der Waals surface area contributed by atoms with E-state index in [2.05, 4.69) is 27.5 Å². The summed E-state index contributed by atoms with van der Waals surface area (Å²) in [4.78, 5) is 0. The number of hydrogen-bond acceptors (Lipinski definition) is 0. The van der Waals surface area contributed by atoms with Gasteiger partial charge in [0.2, 0.25) is 0 Å². The van der Waals surface area contributed by atoms with Crippen LogP contribution in [0.5, 0.6) is 0 Å². The van der Waals surface area contributed by atoms with Crippen molar-refractivity contribution >= 4 is 27.5 Å². The van der Waals surface area contributed by atoms with Crippen LogP contribution in [0.2, 0.25) is 0 Å². The van der Waals surface area contributed by atoms with Crippen molar-refractivity contribution in [2.75, 3.05) is 0 Å². The second-order valence-corrected chi connectivity index (χ2v) is 5.87. The molecule has 0 aliphatic carbocycles. The molecule has 0 N–H and O–H groups in total. The Hall–Kier alpha value is 2.04. The third-order valence-electron chi connectivity index (χ3n) is 0. The fraction of sp³-hybridized carbons (Fsp3) is 0. The molecule has 0 saturated carbocycles. The van der Waals surface area contributed by atoms with Crippen LogP contribution in [-0.4, -0.2) is 27.5 Å². The van der Waals surface area contributed by atoms with Crippen LogP contribution >= 0.6 is 0 Å². The van der Waals surface area contributed by atoms with Crippen LogP contribution in [0.1, 0.15) is 0 Å². The van der Waals surface area contributed by atoms with Crippen molar-refractivity contribution in [3.63, 3.8) is 0 Å². The van der Waals surface area contributed by atoms with Gasteiger partial charge in [0.1, 0.15) is 0 Å². The van der Waals surface area contributed by atoms with Crippen molar-refractivity contribution in [3.8, 4) is 0 Å². The van der Waals surface area contributed by atoms with E-state index in [-0.39, 0.29) is 16.8 Å². The molecule has 0 aliphatic rings. The minimum atomic E-state index is 0. The Morgan fingerprint density at radius 1 is 1.25 bits per heavy atom. The average Bonchev–Trinajstić information content (AvgIpc) is 0.918. The van der Waals surface area contributed by atoms with Gasteiger partial charge in [0.05, 0.1) is 0 Å². The zero-order valence-electron chi connectivity index (χ0n) is 1.47. The zero-order valence-corrected chi connectivity index (χ0v) is 6.92. The normalized spacial score (nSPS) is 5.00. The molecular formula is CoNiSe2. The minimum absolute atomic E-state index is 0. The molecule has 0 aromatic rings. The predicted molar refractivity (Wildman–Crippen MR) is 11.5 cm³/mol. The number of rotatable bonds is 0. The van der Waals surface area contributed by atoms with Gasteiger partial charge in [-0.1, -0.05) is 0 Å². The number of hydrogen-bond donors (Lipinski definition) is 0. The van der Waals surface area contributed by atoms with Gasteiger partial charge in [-0.05, 0) is 0 Å². The first kappa shape index (κ1) is 9.40. The molecule has 4 heavy (non-hydrogen) atoms. The Morgan fingerprint density at radius 3 is 1.25 bits per heavy atom. The molecule has 0 aliphatic heterocycles. The van der Waals surface area contributed by atoms with E-state index in [9.17, 15) is 0 Å². The van der Waals surface area contributed by atoms with Gasteiger partial charge < -0.3 is 0 Å². The molecule has 1 radical (unpaired) electrons. The molecule has 31 valence electrons. The van der Waals surface area contributed by atoms with Crippen LogP contribution < -0.4 is 0 Å². The fourth-order valence-corrected chi connectivity index (χ4v) is 0. The molecule has 0 spiro atoms. The molecule has 0 fully saturated rings. The molecule has 4 heteroatoms. The van der Waals surface area contributed by atoms with Gasteiger partial charge in [-0.3, -0.25) is 0 Å². The van der Waals surface area contributed by atoms with Crippen LogP contribution in [0.25, 0.3) is 0 Å². The molecule has 0 aromatic heterocycles. The molecule has 0 amide bonds. The van der Waals surface area contributed by atoms with Crippen molar-refractivity contribution in [1.29, 1.82) is 0 Å². The Morgan fingerprint density at radius 2 is 1.25 bits per heavy atom. The van der Waals surface area contributed by atoms with Gasteiger partial charge in [-0.2, -0.15) is 0 Å². The Balaban J connectivity index is 0. The Labute approximate surface area is 53.6 Å². The van der Waals surface area contributed by atoms with Crippen molar-refractivity contribution in [2.45, 2.75) is 0 Å². The molecule has 0 nitrogen and oxygen atoms in total. The van der Waals surface area contributed by atoms with E-state index in [0.29, 0.717) is 0 Å². The zero-order chi connectivity index (χ0) is 2.71. The first-order chi connectivity index (χ1) is 1.41. The summed E-state index contributed by atoms with van der Waals surface area (Å²) in [6.07, 6.45) is 0. The maximum atomic E-state index is 2.69. The topological polar surface area (TPSA) is 0 Å². The van der Waals surface area contributed by atoms with E-state index < -0.39 is 0 Å². The molecule has 0 aromatic carbocycles. The van der Waals surface area contributed by atoms with Crippen LogP contribution in [0.15, 0.2) is 0 Å². The van der Waals surface area contributed by atoms with Crippen LogP contribution in [0, 0.1) is 0 Å². The van der Waals surface area contributed by atoms with Crippen molar-refractivity contribution in [1.82, 2.24) is 0 Å². The summed E-state index contributed by atoms with van der Waals surface area (Å²) in [7, 11) is 1.38. The molecule has 0 saturated heterocycles. The quantitative estimate of drug-likeness (QED) is 0.510. The predicted octanol–water partition coefficient (Wildman–Crippen LogP) is -0.767. The van der Waals surface area contributed by atoms with Crippen molar-refractivity contribution < 1.29 is 26.6 Å². The van der Waals surface area contributed by atoms with Crippen molar-refractivity contribution in [2.24, 2.45) is 0 Å². The molecule has 0 rings (SSSR count). The summed E-state index contributed by atoms with van der Waals surface area (Å²) in [5.74, 6) is 0. The van der Waals surface area contributed by atoms with Gasteiger partial charge in [-0.25, -0.2) is 0 Å². The van der Waals surface area contributed by atoms with Gasteiger partial charge in [0.25, 0.3) is 0 Å². The van der Waals surface area contributed by atoms with E-state index in [0.717, 1.165) is 0 Å². The maximum absolute atomic E-state index is 2.69. The monoisotopic (exact) mass is 277 g/mol. The molecule has 0 atom stereocenters. The van der Waals surface area contributed by atoms with E-state index in [1.54, 1.807) is 0 Å². The van der Waals surface area contributed by atoms with Gasteiger partial charge in [-0.15, -0.1) is 0 Å². The Kier molecular flexibility index (Phi) is 20.9. The Bertz CT molecular complexity index is 27.0. The molecule has 0 heterocycles. The summed E-state index contributed by atoms with van der Waals surface area (Å²) < 4.78 is 0. The van der Waals surface area contributed by atoms with E-state index in [1.165, 1.54) is 9.81 Å². The molecule has 0 unspecified atom stereocenters. The average molecular weight is 276 g/mol. The summed E-state index contributed by atoms with van der Waals surface area (Å²) in [6.45, 7) is 0. The van der Waals surface area contributed by atoms with Crippen LogP contribution in [0.3, 0.4) is 0 Å². The van der Waals surface area contributed by atoms with E-state index >= 15 is 0 Å². The second kappa shape index (κ2) is 8.90. The van der Waals surface area contributed by atoms with Crippen LogP contribution in [0.4, 0.5) is 0 Å². The first-order valence-electron chi connectivity index (χ1n) is 0.258. The summed E-state index contributed by atoms with van der Waals surface area (Å²) in [5, 5.41) is 0. The first-order valence-corrected chi connectivity index (χ1v) is 5.53. The SMILES string of the molecule is [Co].[Se]=[Ni]=[Se]. The van der Waals surface area contributed by atoms with E-state index in [1.807, 2.05) is 0 Å². The van der Waals surface area contributed by atoms with Gasteiger partial charge in [0.15, 0.2) is 0 Å². The van der Waals surface area contributed by atoms with Crippen LogP contribution in [-0.2, 0) is 26.6 Å². The summed E-state index contributed by atoms with van der Waals surface area (Å²) in [5.41, 5.74) is 0. The third kappa shape index (κ3) is 8.97. The van der Waals surface area contributed by atoms with Crippen molar-refractivity contribution in [3.05, 3.63) is 0 Å². The summed E-state index contributed by atoms with van der Waals surface area (Å²) >= 11 is 5.38. The van der Waals surface area contributed by atoms with Gasteiger partial charge >= 0.3 is 37.4 Å². The standard InChI is InChI=1S/Co.Ni.2Se. The third-order valence-corrected chi connectivity index (χ3v) is 0. The summed E-state index contributed by atoms with van der Waals surface area (Å²) in [6, 6.07) is 0. The fourth-order valence-electron chi connectivity index (χ4n) is 0. The van der Waals surface area contributed by atoms with Gasteiger partial charge in [0, 0.05) is 16.8 Å².